The Labute approximate surface area is 118 Å². The summed E-state index contributed by atoms with van der Waals surface area (Å²) in [4.78, 5) is 23.7. The van der Waals surface area contributed by atoms with E-state index in [1.54, 1.807) is 12.1 Å². The van der Waals surface area contributed by atoms with Crippen LogP contribution in [0.3, 0.4) is 0 Å². The van der Waals surface area contributed by atoms with E-state index in [0.29, 0.717) is 10.4 Å². The van der Waals surface area contributed by atoms with Crippen molar-refractivity contribution in [2.24, 2.45) is 0 Å². The number of furan rings is 1. The number of carboxylic acid groups (broad SMARTS) is 1. The average molecular weight is 332 g/mol. The first-order valence-electron chi connectivity index (χ1n) is 5.46. The molecule has 0 radical (unpaired) electrons. The number of methoxy groups -OCH3 is 1. The molecule has 0 aliphatic rings. The first-order valence-corrected chi connectivity index (χ1v) is 6.25. The van der Waals surface area contributed by atoms with Crippen LogP contribution >= 0.6 is 15.9 Å². The Bertz CT molecular complexity index is 468. The Hall–Kier alpha value is -1.60. The zero-order valence-electron chi connectivity index (χ0n) is 10.3. The average Bonchev–Trinajstić information content (AvgIpc) is 2.77. The van der Waals surface area contributed by atoms with Crippen LogP contribution in [0.5, 0.6) is 0 Å². The molecule has 0 fully saturated rings. The number of rotatable bonds is 7. The topological polar surface area (TPSA) is 80.0 Å². The molecule has 1 N–H and O–H groups in total. The minimum atomic E-state index is -1.07. The summed E-state index contributed by atoms with van der Waals surface area (Å²) in [6.07, 6.45) is 2.75. The SMILES string of the molecule is COCCN(CC(=O)O)C(=O)C=Cc1ccc(Br)o1. The molecule has 0 aliphatic heterocycles. The highest BCUT2D eigenvalue weighted by Gasteiger charge is 2.14. The molecule has 0 saturated heterocycles. The first kappa shape index (κ1) is 15.5. The lowest BCUT2D eigenvalue weighted by Gasteiger charge is -2.18. The number of halogens is 1. The molecule has 6 nitrogen and oxygen atoms in total. The van der Waals surface area contributed by atoms with Gasteiger partial charge in [0, 0.05) is 19.7 Å². The van der Waals surface area contributed by atoms with E-state index < -0.39 is 11.9 Å². The van der Waals surface area contributed by atoms with Crippen molar-refractivity contribution < 1.29 is 23.8 Å². The van der Waals surface area contributed by atoms with Crippen LogP contribution in [0.2, 0.25) is 0 Å². The largest absolute Gasteiger partial charge is 0.480 e. The van der Waals surface area contributed by atoms with E-state index in [0.717, 1.165) is 0 Å². The van der Waals surface area contributed by atoms with Crippen molar-refractivity contribution >= 4 is 33.9 Å². The quantitative estimate of drug-likeness (QED) is 0.768. The van der Waals surface area contributed by atoms with Crippen LogP contribution in [0.15, 0.2) is 27.3 Å². The molecule has 0 saturated carbocycles. The van der Waals surface area contributed by atoms with Crippen LogP contribution < -0.4 is 0 Å². The van der Waals surface area contributed by atoms with Gasteiger partial charge in [-0.2, -0.15) is 0 Å². The smallest absolute Gasteiger partial charge is 0.323 e. The third kappa shape index (κ3) is 5.71. The maximum Gasteiger partial charge on any atom is 0.323 e. The van der Waals surface area contributed by atoms with Gasteiger partial charge in [-0.1, -0.05) is 0 Å². The second kappa shape index (κ2) is 7.75. The maximum atomic E-state index is 11.8. The molecule has 0 unspecified atom stereocenters. The molecule has 1 amide bonds. The Balaban J connectivity index is 2.64. The molecule has 0 aromatic carbocycles. The summed E-state index contributed by atoms with van der Waals surface area (Å²) in [6, 6.07) is 3.38. The number of hydrogen-bond donors (Lipinski definition) is 1. The molecule has 0 spiro atoms. The summed E-state index contributed by atoms with van der Waals surface area (Å²) in [7, 11) is 1.49. The minimum absolute atomic E-state index is 0.216. The van der Waals surface area contributed by atoms with Gasteiger partial charge in [0.2, 0.25) is 5.91 Å². The lowest BCUT2D eigenvalue weighted by Crippen LogP contribution is -2.36. The fourth-order valence-corrected chi connectivity index (χ4v) is 1.63. The van der Waals surface area contributed by atoms with Gasteiger partial charge in [0.25, 0.3) is 0 Å². The van der Waals surface area contributed by atoms with Gasteiger partial charge in [-0.25, -0.2) is 0 Å². The van der Waals surface area contributed by atoms with Crippen LogP contribution in [-0.4, -0.2) is 48.7 Å². The molecule has 1 aromatic rings. The maximum absolute atomic E-state index is 11.8. The molecule has 0 aliphatic carbocycles. The van der Waals surface area contributed by atoms with Crippen LogP contribution in [0.25, 0.3) is 6.08 Å². The van der Waals surface area contributed by atoms with Gasteiger partial charge in [-0.15, -0.1) is 0 Å². The van der Waals surface area contributed by atoms with E-state index in [1.165, 1.54) is 24.2 Å². The van der Waals surface area contributed by atoms with Crippen molar-refractivity contribution in [1.82, 2.24) is 4.90 Å². The summed E-state index contributed by atoms with van der Waals surface area (Å²) >= 11 is 3.14. The van der Waals surface area contributed by atoms with Gasteiger partial charge in [0.15, 0.2) is 4.67 Å². The highest BCUT2D eigenvalue weighted by atomic mass is 79.9. The first-order chi connectivity index (χ1) is 9.02. The van der Waals surface area contributed by atoms with E-state index in [1.807, 2.05) is 0 Å². The molecule has 1 heterocycles. The van der Waals surface area contributed by atoms with Crippen LogP contribution in [0, 0.1) is 0 Å². The number of carboxylic acids is 1. The van der Waals surface area contributed by atoms with E-state index in [4.69, 9.17) is 14.3 Å². The van der Waals surface area contributed by atoms with E-state index in [2.05, 4.69) is 15.9 Å². The monoisotopic (exact) mass is 331 g/mol. The van der Waals surface area contributed by atoms with Gasteiger partial charge in [0.1, 0.15) is 12.3 Å². The fraction of sp³-hybridized carbons (Fsp3) is 0.333. The summed E-state index contributed by atoms with van der Waals surface area (Å²) in [6.45, 7) is 0.126. The second-order valence-electron chi connectivity index (χ2n) is 3.62. The summed E-state index contributed by atoms with van der Waals surface area (Å²) in [5, 5.41) is 8.74. The number of carbonyl (C=O) groups excluding carboxylic acids is 1. The number of aliphatic carboxylic acids is 1. The van der Waals surface area contributed by atoms with Gasteiger partial charge in [-0.05, 0) is 34.1 Å². The van der Waals surface area contributed by atoms with E-state index in [9.17, 15) is 9.59 Å². The normalized spacial score (nSPS) is 10.8. The van der Waals surface area contributed by atoms with E-state index in [-0.39, 0.29) is 19.7 Å². The highest BCUT2D eigenvalue weighted by Crippen LogP contribution is 2.15. The van der Waals surface area contributed by atoms with Crippen LogP contribution in [0.4, 0.5) is 0 Å². The molecule has 1 rings (SSSR count). The minimum Gasteiger partial charge on any atom is -0.480 e. The fourth-order valence-electron chi connectivity index (χ4n) is 1.31. The molecule has 19 heavy (non-hydrogen) atoms. The Morgan fingerprint density at radius 2 is 2.26 bits per heavy atom. The number of amides is 1. The van der Waals surface area contributed by atoms with Gasteiger partial charge in [-0.3, -0.25) is 9.59 Å². The third-order valence-electron chi connectivity index (χ3n) is 2.19. The van der Waals surface area contributed by atoms with Gasteiger partial charge < -0.3 is 19.2 Å². The van der Waals surface area contributed by atoms with Crippen molar-refractivity contribution in [3.05, 3.63) is 28.6 Å². The molecule has 0 bridgehead atoms. The summed E-state index contributed by atoms with van der Waals surface area (Å²) < 4.78 is 10.6. The molecule has 104 valence electrons. The highest BCUT2D eigenvalue weighted by molar-refractivity contribution is 9.10. The Morgan fingerprint density at radius 3 is 2.79 bits per heavy atom. The number of ether oxygens (including phenoxy) is 1. The molecular weight excluding hydrogens is 318 g/mol. The molecule has 1 aromatic heterocycles. The van der Waals surface area contributed by atoms with Crippen molar-refractivity contribution in [2.75, 3.05) is 26.8 Å². The Kier molecular flexibility index (Phi) is 6.31. The van der Waals surface area contributed by atoms with Gasteiger partial charge in [0.05, 0.1) is 6.61 Å². The number of nitrogens with zero attached hydrogens (tertiary/aromatic N) is 1. The van der Waals surface area contributed by atoms with Crippen LogP contribution in [-0.2, 0) is 14.3 Å². The zero-order chi connectivity index (χ0) is 14.3. The van der Waals surface area contributed by atoms with Crippen molar-refractivity contribution in [1.29, 1.82) is 0 Å². The standard InChI is InChI=1S/C12H14BrNO5/c1-18-7-6-14(8-12(16)17)11(15)5-3-9-2-4-10(13)19-9/h2-5H,6-8H2,1H3,(H,16,17). The predicted molar refractivity (Wildman–Crippen MR) is 71.5 cm³/mol. The molecular formula is C12H14BrNO5. The van der Waals surface area contributed by atoms with Crippen molar-refractivity contribution in [3.63, 3.8) is 0 Å². The molecule has 0 atom stereocenters. The van der Waals surface area contributed by atoms with Gasteiger partial charge >= 0.3 is 5.97 Å². The lowest BCUT2D eigenvalue weighted by atomic mass is 10.3. The van der Waals surface area contributed by atoms with Crippen LogP contribution in [0.1, 0.15) is 5.76 Å². The van der Waals surface area contributed by atoms with Crippen molar-refractivity contribution in [2.45, 2.75) is 0 Å². The summed E-state index contributed by atoms with van der Waals surface area (Å²) in [5.74, 6) is -0.979. The second-order valence-corrected chi connectivity index (χ2v) is 4.40. The predicted octanol–water partition coefficient (Wildman–Crippen LogP) is 1.61. The van der Waals surface area contributed by atoms with E-state index >= 15 is 0 Å². The zero-order valence-corrected chi connectivity index (χ0v) is 11.9. The number of hydrogen-bond acceptors (Lipinski definition) is 4. The third-order valence-corrected chi connectivity index (χ3v) is 2.61. The number of carbonyl (C=O) groups is 2. The lowest BCUT2D eigenvalue weighted by molar-refractivity contribution is -0.143. The summed E-state index contributed by atoms with van der Waals surface area (Å²) in [5.41, 5.74) is 0. The Morgan fingerprint density at radius 1 is 1.53 bits per heavy atom. The van der Waals surface area contributed by atoms with Crippen molar-refractivity contribution in [3.8, 4) is 0 Å². The molecule has 7 heteroatoms.